The number of nitrogens with zero attached hydrogens (tertiary/aromatic N) is 1. The molecular formula is C21H22ClF3N2O4S. The van der Waals surface area contributed by atoms with E-state index >= 15 is 0 Å². The Hall–Kier alpha value is -2.14. The van der Waals surface area contributed by atoms with E-state index in [2.05, 4.69) is 5.32 Å². The summed E-state index contributed by atoms with van der Waals surface area (Å²) in [5, 5.41) is 2.47. The number of hydrogen-bond acceptors (Lipinski definition) is 4. The summed E-state index contributed by atoms with van der Waals surface area (Å²) in [6, 6.07) is 8.42. The van der Waals surface area contributed by atoms with E-state index in [4.69, 9.17) is 16.3 Å². The zero-order chi connectivity index (χ0) is 23.7. The molecule has 0 bridgehead atoms. The van der Waals surface area contributed by atoms with Crippen LogP contribution in [0.4, 0.5) is 13.2 Å². The molecule has 1 heterocycles. The third-order valence-corrected chi connectivity index (χ3v) is 7.22. The van der Waals surface area contributed by atoms with Crippen molar-refractivity contribution in [1.82, 2.24) is 9.62 Å². The van der Waals surface area contributed by atoms with E-state index in [1.165, 1.54) is 34.6 Å². The number of nitrogens with one attached hydrogen (secondary N) is 1. The number of benzene rings is 2. The van der Waals surface area contributed by atoms with Crippen molar-refractivity contribution in [3.63, 3.8) is 0 Å². The Morgan fingerprint density at radius 1 is 1.16 bits per heavy atom. The van der Waals surface area contributed by atoms with Crippen LogP contribution in [0.25, 0.3) is 0 Å². The van der Waals surface area contributed by atoms with Gasteiger partial charge in [0.2, 0.25) is 10.0 Å². The molecule has 0 spiro atoms. The van der Waals surface area contributed by atoms with Gasteiger partial charge in [0.05, 0.1) is 22.8 Å². The number of carbonyl (C=O) groups is 1. The number of ether oxygens (including phenoxy) is 1. The van der Waals surface area contributed by atoms with Crippen LogP contribution < -0.4 is 5.32 Å². The maximum absolute atomic E-state index is 13.1. The summed E-state index contributed by atoms with van der Waals surface area (Å²) in [5.41, 5.74) is -0.543. The minimum absolute atomic E-state index is 0.0225. The highest BCUT2D eigenvalue weighted by Crippen LogP contribution is 2.30. The average molecular weight is 491 g/mol. The number of hydrogen-bond donors (Lipinski definition) is 1. The number of amides is 1. The third kappa shape index (κ3) is 5.61. The van der Waals surface area contributed by atoms with Crippen molar-refractivity contribution in [2.45, 2.75) is 43.7 Å². The monoisotopic (exact) mass is 490 g/mol. The fourth-order valence-electron chi connectivity index (χ4n) is 3.45. The van der Waals surface area contributed by atoms with Crippen molar-refractivity contribution in [3.8, 4) is 0 Å². The minimum Gasteiger partial charge on any atom is -0.373 e. The predicted octanol–water partition coefficient (Wildman–Crippen LogP) is 4.09. The fraction of sp³-hybridized carbons (Fsp3) is 0.381. The maximum Gasteiger partial charge on any atom is 0.416 e. The molecule has 0 aromatic heterocycles. The SMILES string of the molecule is CC1CN(S(=O)(=O)c2cc(C(=O)NCc3cccc(C(F)(F)F)c3)ccc2Cl)CC(C)O1. The predicted molar refractivity (Wildman–Crippen MR) is 113 cm³/mol. The van der Waals surface area contributed by atoms with Gasteiger partial charge in [-0.05, 0) is 49.7 Å². The molecule has 1 aliphatic rings. The molecule has 2 aromatic rings. The average Bonchev–Trinajstić information content (AvgIpc) is 2.71. The maximum atomic E-state index is 13.1. The van der Waals surface area contributed by atoms with Crippen LogP contribution in [0.5, 0.6) is 0 Å². The molecule has 0 saturated carbocycles. The zero-order valence-corrected chi connectivity index (χ0v) is 18.9. The molecule has 2 unspecified atom stereocenters. The third-order valence-electron chi connectivity index (χ3n) is 4.90. The highest BCUT2D eigenvalue weighted by molar-refractivity contribution is 7.89. The van der Waals surface area contributed by atoms with E-state index in [0.29, 0.717) is 0 Å². The molecule has 0 aliphatic carbocycles. The first kappa shape index (κ1) is 24.5. The lowest BCUT2D eigenvalue weighted by Crippen LogP contribution is -2.48. The summed E-state index contributed by atoms with van der Waals surface area (Å²) in [6.45, 7) is 3.66. The second-order valence-electron chi connectivity index (χ2n) is 7.61. The molecule has 174 valence electrons. The Labute approximate surface area is 189 Å². The summed E-state index contributed by atoms with van der Waals surface area (Å²) in [4.78, 5) is 12.4. The van der Waals surface area contributed by atoms with Crippen molar-refractivity contribution < 1.29 is 31.1 Å². The van der Waals surface area contributed by atoms with E-state index in [1.54, 1.807) is 13.8 Å². The van der Waals surface area contributed by atoms with Crippen LogP contribution in [-0.4, -0.2) is 43.9 Å². The normalized spacial score (nSPS) is 20.2. The minimum atomic E-state index is -4.49. The zero-order valence-electron chi connectivity index (χ0n) is 17.3. The van der Waals surface area contributed by atoms with Gasteiger partial charge in [-0.15, -0.1) is 0 Å². The molecule has 1 aliphatic heterocycles. The highest BCUT2D eigenvalue weighted by atomic mass is 35.5. The van der Waals surface area contributed by atoms with Crippen LogP contribution >= 0.6 is 11.6 Å². The Morgan fingerprint density at radius 2 is 1.81 bits per heavy atom. The fourth-order valence-corrected chi connectivity index (χ4v) is 5.54. The molecule has 3 rings (SSSR count). The molecule has 1 N–H and O–H groups in total. The lowest BCUT2D eigenvalue weighted by atomic mass is 10.1. The van der Waals surface area contributed by atoms with Crippen LogP contribution in [0.15, 0.2) is 47.4 Å². The summed E-state index contributed by atoms with van der Waals surface area (Å²) < 4.78 is 71.7. The largest absolute Gasteiger partial charge is 0.416 e. The smallest absolute Gasteiger partial charge is 0.373 e. The molecule has 1 amide bonds. The Balaban J connectivity index is 1.79. The van der Waals surface area contributed by atoms with E-state index < -0.39 is 27.7 Å². The van der Waals surface area contributed by atoms with E-state index in [0.717, 1.165) is 12.1 Å². The molecule has 0 radical (unpaired) electrons. The van der Waals surface area contributed by atoms with Gasteiger partial charge in [-0.2, -0.15) is 17.5 Å². The van der Waals surface area contributed by atoms with E-state index in [9.17, 15) is 26.4 Å². The number of sulfonamides is 1. The summed E-state index contributed by atoms with van der Waals surface area (Å²) in [7, 11) is -3.99. The van der Waals surface area contributed by atoms with Gasteiger partial charge in [0.15, 0.2) is 0 Å². The first-order valence-electron chi connectivity index (χ1n) is 9.77. The number of halogens is 4. The summed E-state index contributed by atoms with van der Waals surface area (Å²) in [5.74, 6) is -0.640. The van der Waals surface area contributed by atoms with Crippen LogP contribution in [-0.2, 0) is 27.5 Å². The number of carbonyl (C=O) groups excluding carboxylic acids is 1. The van der Waals surface area contributed by atoms with Gasteiger partial charge in [-0.1, -0.05) is 23.7 Å². The van der Waals surface area contributed by atoms with Gasteiger partial charge in [0.25, 0.3) is 5.91 Å². The van der Waals surface area contributed by atoms with Crippen molar-refractivity contribution in [3.05, 3.63) is 64.2 Å². The lowest BCUT2D eigenvalue weighted by Gasteiger charge is -2.34. The quantitative estimate of drug-likeness (QED) is 0.685. The van der Waals surface area contributed by atoms with Crippen LogP contribution in [0.1, 0.15) is 35.3 Å². The molecule has 2 atom stereocenters. The van der Waals surface area contributed by atoms with Crippen molar-refractivity contribution >= 4 is 27.5 Å². The summed E-state index contributed by atoms with van der Waals surface area (Å²) in [6.07, 6.45) is -5.09. The molecule has 1 saturated heterocycles. The Morgan fingerprint density at radius 3 is 2.44 bits per heavy atom. The molecule has 2 aromatic carbocycles. The van der Waals surface area contributed by atoms with Crippen LogP contribution in [0.3, 0.4) is 0 Å². The van der Waals surface area contributed by atoms with E-state index in [1.807, 2.05) is 0 Å². The van der Waals surface area contributed by atoms with Gasteiger partial charge >= 0.3 is 6.18 Å². The summed E-state index contributed by atoms with van der Waals surface area (Å²) >= 11 is 6.14. The van der Waals surface area contributed by atoms with Crippen LogP contribution in [0.2, 0.25) is 5.02 Å². The molecular weight excluding hydrogens is 469 g/mol. The van der Waals surface area contributed by atoms with Crippen LogP contribution in [0, 0.1) is 0 Å². The van der Waals surface area contributed by atoms with Gasteiger partial charge in [-0.3, -0.25) is 4.79 Å². The lowest BCUT2D eigenvalue weighted by molar-refractivity contribution is -0.137. The highest BCUT2D eigenvalue weighted by Gasteiger charge is 2.34. The Bertz CT molecular complexity index is 1100. The van der Waals surface area contributed by atoms with Gasteiger partial charge in [-0.25, -0.2) is 8.42 Å². The second-order valence-corrected chi connectivity index (χ2v) is 9.92. The van der Waals surface area contributed by atoms with Crippen molar-refractivity contribution in [2.75, 3.05) is 13.1 Å². The van der Waals surface area contributed by atoms with Gasteiger partial charge < -0.3 is 10.1 Å². The second kappa shape index (κ2) is 9.38. The van der Waals surface area contributed by atoms with Crippen molar-refractivity contribution in [2.24, 2.45) is 0 Å². The molecule has 1 fully saturated rings. The first-order chi connectivity index (χ1) is 14.9. The molecule has 6 nitrogen and oxygen atoms in total. The Kier molecular flexibility index (Phi) is 7.18. The van der Waals surface area contributed by atoms with E-state index in [-0.39, 0.29) is 52.9 Å². The number of rotatable bonds is 5. The first-order valence-corrected chi connectivity index (χ1v) is 11.6. The number of morpholine rings is 1. The molecule has 32 heavy (non-hydrogen) atoms. The number of alkyl halides is 3. The van der Waals surface area contributed by atoms with Gasteiger partial charge in [0, 0.05) is 25.2 Å². The topological polar surface area (TPSA) is 75.7 Å². The molecule has 11 heteroatoms. The van der Waals surface area contributed by atoms with Gasteiger partial charge in [0.1, 0.15) is 4.90 Å². The van der Waals surface area contributed by atoms with Crippen molar-refractivity contribution in [1.29, 1.82) is 0 Å². The standard InChI is InChI=1S/C21H22ClF3N2O4S/c1-13-11-27(12-14(2)31-13)32(29,30)19-9-16(6-7-18(19)22)20(28)26-10-15-4-3-5-17(8-15)21(23,24)25/h3-9,13-14H,10-12H2,1-2H3,(H,26,28).